The van der Waals surface area contributed by atoms with E-state index in [1.807, 2.05) is 42.5 Å². The van der Waals surface area contributed by atoms with Gasteiger partial charge in [-0.1, -0.05) is 34.1 Å². The molecule has 0 bridgehead atoms. The largest absolute Gasteiger partial charge is 0.483 e. The van der Waals surface area contributed by atoms with Crippen molar-refractivity contribution in [2.24, 2.45) is 0 Å². The van der Waals surface area contributed by atoms with Crippen LogP contribution in [0.3, 0.4) is 0 Å². The van der Waals surface area contributed by atoms with E-state index in [2.05, 4.69) is 21.2 Å². The minimum absolute atomic E-state index is 0.0565. The third-order valence-corrected chi connectivity index (χ3v) is 4.39. The fourth-order valence-corrected chi connectivity index (χ4v) is 3.23. The van der Waals surface area contributed by atoms with Crippen molar-refractivity contribution >= 4 is 27.5 Å². The predicted octanol–water partition coefficient (Wildman–Crippen LogP) is 3.84. The lowest BCUT2D eigenvalue weighted by Gasteiger charge is -2.23. The van der Waals surface area contributed by atoms with Gasteiger partial charge in [0.15, 0.2) is 6.61 Å². The molecular formula is C18H18BrNO3. The first-order valence-corrected chi connectivity index (χ1v) is 8.41. The van der Waals surface area contributed by atoms with Crippen LogP contribution in [0.5, 0.6) is 5.75 Å². The van der Waals surface area contributed by atoms with Gasteiger partial charge in [-0.05, 0) is 54.7 Å². The summed E-state index contributed by atoms with van der Waals surface area (Å²) < 4.78 is 6.59. The third-order valence-electron chi connectivity index (χ3n) is 3.90. The summed E-state index contributed by atoms with van der Waals surface area (Å²) in [7, 11) is 0. The second-order valence-electron chi connectivity index (χ2n) is 5.58. The number of amides is 1. The first kappa shape index (κ1) is 16.0. The number of rotatable bonds is 4. The zero-order chi connectivity index (χ0) is 16.2. The fourth-order valence-electron chi connectivity index (χ4n) is 2.83. The molecule has 1 atom stereocenters. The van der Waals surface area contributed by atoms with Gasteiger partial charge in [0.25, 0.3) is 5.91 Å². The zero-order valence-corrected chi connectivity index (χ0v) is 14.2. The van der Waals surface area contributed by atoms with Crippen molar-refractivity contribution in [2.75, 3.05) is 11.9 Å². The van der Waals surface area contributed by atoms with E-state index in [9.17, 15) is 9.90 Å². The topological polar surface area (TPSA) is 58.6 Å². The van der Waals surface area contributed by atoms with Gasteiger partial charge in [-0.15, -0.1) is 0 Å². The molecule has 4 nitrogen and oxygen atoms in total. The molecule has 5 heteroatoms. The molecule has 2 N–H and O–H groups in total. The SMILES string of the molecule is O=C(COc1cccc2c1CCC[C@@H]2O)Nc1cccc(Br)c1. The summed E-state index contributed by atoms with van der Waals surface area (Å²) in [6.45, 7) is -0.0565. The lowest BCUT2D eigenvalue weighted by Crippen LogP contribution is -2.21. The van der Waals surface area contributed by atoms with Crippen LogP contribution in [0.15, 0.2) is 46.9 Å². The van der Waals surface area contributed by atoms with Crippen LogP contribution in [0.25, 0.3) is 0 Å². The molecular weight excluding hydrogens is 358 g/mol. The number of benzene rings is 2. The number of anilines is 1. The highest BCUT2D eigenvalue weighted by Gasteiger charge is 2.21. The molecule has 1 amide bonds. The molecule has 0 saturated heterocycles. The molecule has 0 fully saturated rings. The Labute approximate surface area is 143 Å². The molecule has 2 aromatic rings. The van der Waals surface area contributed by atoms with Gasteiger partial charge < -0.3 is 15.2 Å². The van der Waals surface area contributed by atoms with Gasteiger partial charge >= 0.3 is 0 Å². The standard InChI is InChI=1S/C18H18BrNO3/c19-12-4-1-5-13(10-12)20-18(22)11-23-17-9-3-6-14-15(17)7-2-8-16(14)21/h1,3-6,9-10,16,21H,2,7-8,11H2,(H,20,22)/t16-/m0/s1. The Morgan fingerprint density at radius 2 is 2.13 bits per heavy atom. The molecule has 0 aromatic heterocycles. The van der Waals surface area contributed by atoms with Gasteiger partial charge in [0.2, 0.25) is 0 Å². The van der Waals surface area contributed by atoms with Crippen LogP contribution in [0.2, 0.25) is 0 Å². The normalized spacial score (nSPS) is 16.5. The van der Waals surface area contributed by atoms with Crippen LogP contribution < -0.4 is 10.1 Å². The summed E-state index contributed by atoms with van der Waals surface area (Å²) in [4.78, 5) is 12.0. The van der Waals surface area contributed by atoms with E-state index in [-0.39, 0.29) is 12.5 Å². The summed E-state index contributed by atoms with van der Waals surface area (Å²) in [5.41, 5.74) is 2.65. The number of hydrogen-bond donors (Lipinski definition) is 2. The minimum Gasteiger partial charge on any atom is -0.483 e. The van der Waals surface area contributed by atoms with Gasteiger partial charge in [-0.3, -0.25) is 4.79 Å². The second-order valence-corrected chi connectivity index (χ2v) is 6.49. The average molecular weight is 376 g/mol. The molecule has 120 valence electrons. The second kappa shape index (κ2) is 7.15. The zero-order valence-electron chi connectivity index (χ0n) is 12.6. The van der Waals surface area contributed by atoms with Crippen LogP contribution in [-0.2, 0) is 11.2 Å². The van der Waals surface area contributed by atoms with Crippen LogP contribution in [0.1, 0.15) is 30.1 Å². The van der Waals surface area contributed by atoms with E-state index >= 15 is 0 Å². The van der Waals surface area contributed by atoms with E-state index in [1.54, 1.807) is 0 Å². The molecule has 1 aliphatic carbocycles. The Morgan fingerprint density at radius 3 is 2.96 bits per heavy atom. The van der Waals surface area contributed by atoms with Gasteiger partial charge in [-0.25, -0.2) is 0 Å². The van der Waals surface area contributed by atoms with E-state index in [0.29, 0.717) is 5.75 Å². The number of aliphatic hydroxyl groups excluding tert-OH is 1. The van der Waals surface area contributed by atoms with Crippen molar-refractivity contribution in [3.63, 3.8) is 0 Å². The number of carbonyl (C=O) groups excluding carboxylic acids is 1. The Morgan fingerprint density at radius 1 is 1.30 bits per heavy atom. The molecule has 23 heavy (non-hydrogen) atoms. The number of fused-ring (bicyclic) bond motifs is 1. The van der Waals surface area contributed by atoms with Gasteiger partial charge in [0, 0.05) is 10.2 Å². The van der Waals surface area contributed by atoms with E-state index < -0.39 is 6.10 Å². The molecule has 0 heterocycles. The maximum absolute atomic E-state index is 12.0. The lowest BCUT2D eigenvalue weighted by molar-refractivity contribution is -0.118. The molecule has 3 rings (SSSR count). The van der Waals surface area contributed by atoms with Crippen molar-refractivity contribution in [1.29, 1.82) is 0 Å². The summed E-state index contributed by atoms with van der Waals surface area (Å²) in [6.07, 6.45) is 2.15. The Bertz CT molecular complexity index is 717. The number of aliphatic hydroxyl groups is 1. The van der Waals surface area contributed by atoms with Gasteiger partial charge in [-0.2, -0.15) is 0 Å². The average Bonchev–Trinajstić information content (AvgIpc) is 2.53. The Balaban J connectivity index is 1.64. The van der Waals surface area contributed by atoms with E-state index in [1.165, 1.54) is 0 Å². The number of hydrogen-bond acceptors (Lipinski definition) is 3. The van der Waals surface area contributed by atoms with Gasteiger partial charge in [0.1, 0.15) is 5.75 Å². The Hall–Kier alpha value is -1.85. The molecule has 0 aliphatic heterocycles. The van der Waals surface area contributed by atoms with E-state index in [4.69, 9.17) is 4.74 Å². The maximum atomic E-state index is 12.0. The first-order chi connectivity index (χ1) is 11.1. The molecule has 0 unspecified atom stereocenters. The summed E-state index contributed by atoms with van der Waals surface area (Å²) in [5.74, 6) is 0.475. The fraction of sp³-hybridized carbons (Fsp3) is 0.278. The smallest absolute Gasteiger partial charge is 0.262 e. The van der Waals surface area contributed by atoms with Crippen LogP contribution >= 0.6 is 15.9 Å². The van der Waals surface area contributed by atoms with Gasteiger partial charge in [0.05, 0.1) is 6.10 Å². The summed E-state index contributed by atoms with van der Waals surface area (Å²) in [5, 5.41) is 12.8. The van der Waals surface area contributed by atoms with Crippen molar-refractivity contribution < 1.29 is 14.6 Å². The highest BCUT2D eigenvalue weighted by atomic mass is 79.9. The number of nitrogens with one attached hydrogen (secondary N) is 1. The van der Waals surface area contributed by atoms with Crippen molar-refractivity contribution in [2.45, 2.75) is 25.4 Å². The molecule has 0 radical (unpaired) electrons. The highest BCUT2D eigenvalue weighted by Crippen LogP contribution is 2.35. The van der Waals surface area contributed by atoms with Crippen molar-refractivity contribution in [3.8, 4) is 5.75 Å². The van der Waals surface area contributed by atoms with Crippen LogP contribution in [-0.4, -0.2) is 17.6 Å². The summed E-state index contributed by atoms with van der Waals surface area (Å²) >= 11 is 3.37. The van der Waals surface area contributed by atoms with Crippen LogP contribution in [0, 0.1) is 0 Å². The minimum atomic E-state index is -0.433. The van der Waals surface area contributed by atoms with E-state index in [0.717, 1.165) is 40.5 Å². The summed E-state index contributed by atoms with van der Waals surface area (Å²) in [6, 6.07) is 13.0. The van der Waals surface area contributed by atoms with Crippen molar-refractivity contribution in [3.05, 3.63) is 58.1 Å². The quantitative estimate of drug-likeness (QED) is 0.853. The molecule has 2 aromatic carbocycles. The number of halogens is 1. The molecule has 1 aliphatic rings. The number of ether oxygens (including phenoxy) is 1. The molecule has 0 saturated carbocycles. The monoisotopic (exact) mass is 375 g/mol. The Kier molecular flexibility index (Phi) is 4.98. The highest BCUT2D eigenvalue weighted by molar-refractivity contribution is 9.10. The maximum Gasteiger partial charge on any atom is 0.262 e. The number of carbonyl (C=O) groups is 1. The lowest BCUT2D eigenvalue weighted by atomic mass is 9.89. The predicted molar refractivity (Wildman–Crippen MR) is 92.6 cm³/mol. The molecule has 0 spiro atoms. The van der Waals surface area contributed by atoms with Crippen molar-refractivity contribution in [1.82, 2.24) is 0 Å². The third kappa shape index (κ3) is 3.92. The first-order valence-electron chi connectivity index (χ1n) is 7.61. The van der Waals surface area contributed by atoms with Crippen LogP contribution in [0.4, 0.5) is 5.69 Å².